The monoisotopic (exact) mass is 259 g/mol. The maximum Gasteiger partial charge on any atom is 0.159 e. The second-order valence-corrected chi connectivity index (χ2v) is 4.91. The van der Waals surface area contributed by atoms with E-state index in [-0.39, 0.29) is 5.82 Å². The molecular formula is C15H18FN3. The van der Waals surface area contributed by atoms with Crippen LogP contribution in [-0.4, -0.2) is 16.0 Å². The van der Waals surface area contributed by atoms with Gasteiger partial charge in [-0.2, -0.15) is 0 Å². The average Bonchev–Trinajstić information content (AvgIpc) is 2.40. The molecule has 0 amide bonds. The van der Waals surface area contributed by atoms with Crippen LogP contribution in [0.3, 0.4) is 0 Å². The number of nitrogens with zero attached hydrogens (tertiary/aromatic N) is 2. The Morgan fingerprint density at radius 2 is 1.89 bits per heavy atom. The number of hydrogen-bond donors (Lipinski definition) is 1. The van der Waals surface area contributed by atoms with Crippen molar-refractivity contribution < 1.29 is 4.39 Å². The Hall–Kier alpha value is -1.81. The molecule has 1 heterocycles. The van der Waals surface area contributed by atoms with Crippen LogP contribution in [0.15, 0.2) is 30.6 Å². The lowest BCUT2D eigenvalue weighted by molar-refractivity contribution is 0.587. The summed E-state index contributed by atoms with van der Waals surface area (Å²) >= 11 is 0. The molecule has 1 N–H and O–H groups in total. The zero-order valence-electron chi connectivity index (χ0n) is 11.4. The van der Waals surface area contributed by atoms with E-state index in [1.54, 1.807) is 18.5 Å². The third-order valence-corrected chi connectivity index (χ3v) is 2.86. The smallest absolute Gasteiger partial charge is 0.159 e. The van der Waals surface area contributed by atoms with Crippen molar-refractivity contribution >= 4 is 0 Å². The van der Waals surface area contributed by atoms with Crippen LogP contribution in [0.25, 0.3) is 11.4 Å². The van der Waals surface area contributed by atoms with E-state index in [1.165, 1.54) is 12.1 Å². The Morgan fingerprint density at radius 3 is 2.53 bits per heavy atom. The van der Waals surface area contributed by atoms with Crippen molar-refractivity contribution in [2.45, 2.75) is 33.4 Å². The van der Waals surface area contributed by atoms with Crippen molar-refractivity contribution in [3.63, 3.8) is 0 Å². The van der Waals surface area contributed by atoms with Gasteiger partial charge in [0.15, 0.2) is 5.82 Å². The standard InChI is InChI=1S/C15H18FN3/c1-10(2)17-7-12-8-18-15(19-9-12)14-6-13(16)5-4-11(14)3/h4-6,8-10,17H,7H2,1-3H3. The van der Waals surface area contributed by atoms with Crippen LogP contribution in [0.4, 0.5) is 4.39 Å². The fraction of sp³-hybridized carbons (Fsp3) is 0.333. The van der Waals surface area contributed by atoms with Crippen LogP contribution in [0.2, 0.25) is 0 Å². The molecule has 2 rings (SSSR count). The van der Waals surface area contributed by atoms with Crippen LogP contribution in [0.5, 0.6) is 0 Å². The Labute approximate surface area is 112 Å². The molecule has 0 bridgehead atoms. The molecule has 0 spiro atoms. The molecule has 2 aromatic rings. The van der Waals surface area contributed by atoms with Gasteiger partial charge in [-0.3, -0.25) is 0 Å². The van der Waals surface area contributed by atoms with Gasteiger partial charge >= 0.3 is 0 Å². The van der Waals surface area contributed by atoms with Gasteiger partial charge in [0, 0.05) is 36.1 Å². The Morgan fingerprint density at radius 1 is 1.21 bits per heavy atom. The summed E-state index contributed by atoms with van der Waals surface area (Å²) in [7, 11) is 0. The van der Waals surface area contributed by atoms with Gasteiger partial charge in [0.1, 0.15) is 5.82 Å². The van der Waals surface area contributed by atoms with Gasteiger partial charge in [-0.25, -0.2) is 14.4 Å². The zero-order valence-corrected chi connectivity index (χ0v) is 11.4. The number of rotatable bonds is 4. The fourth-order valence-corrected chi connectivity index (χ4v) is 1.74. The van der Waals surface area contributed by atoms with Crippen LogP contribution in [0, 0.1) is 12.7 Å². The van der Waals surface area contributed by atoms with E-state index in [4.69, 9.17) is 0 Å². The molecule has 0 saturated carbocycles. The average molecular weight is 259 g/mol. The minimum absolute atomic E-state index is 0.269. The Bertz CT molecular complexity index is 550. The van der Waals surface area contributed by atoms with Crippen molar-refractivity contribution in [2.24, 2.45) is 0 Å². The van der Waals surface area contributed by atoms with E-state index in [0.29, 0.717) is 11.9 Å². The quantitative estimate of drug-likeness (QED) is 0.917. The predicted octanol–water partition coefficient (Wildman–Crippen LogP) is 3.09. The molecule has 0 aliphatic carbocycles. The summed E-state index contributed by atoms with van der Waals surface area (Å²) < 4.78 is 13.3. The first-order valence-corrected chi connectivity index (χ1v) is 6.37. The van der Waals surface area contributed by atoms with Crippen molar-refractivity contribution in [1.82, 2.24) is 15.3 Å². The molecule has 0 saturated heterocycles. The lowest BCUT2D eigenvalue weighted by Crippen LogP contribution is -2.21. The van der Waals surface area contributed by atoms with Crippen molar-refractivity contribution in [1.29, 1.82) is 0 Å². The fourth-order valence-electron chi connectivity index (χ4n) is 1.74. The highest BCUT2D eigenvalue weighted by Gasteiger charge is 2.06. The lowest BCUT2D eigenvalue weighted by Gasteiger charge is -2.08. The molecule has 100 valence electrons. The molecule has 1 aromatic heterocycles. The third-order valence-electron chi connectivity index (χ3n) is 2.86. The van der Waals surface area contributed by atoms with Crippen LogP contribution in [0.1, 0.15) is 25.0 Å². The van der Waals surface area contributed by atoms with E-state index >= 15 is 0 Å². The summed E-state index contributed by atoms with van der Waals surface area (Å²) in [6.07, 6.45) is 3.56. The number of aryl methyl sites for hydroxylation is 1. The van der Waals surface area contributed by atoms with Gasteiger partial charge in [0.25, 0.3) is 0 Å². The topological polar surface area (TPSA) is 37.8 Å². The minimum atomic E-state index is -0.269. The van der Waals surface area contributed by atoms with E-state index in [9.17, 15) is 4.39 Å². The number of halogens is 1. The molecule has 0 aliphatic heterocycles. The first-order valence-electron chi connectivity index (χ1n) is 6.37. The largest absolute Gasteiger partial charge is 0.310 e. The van der Waals surface area contributed by atoms with Crippen LogP contribution in [-0.2, 0) is 6.54 Å². The molecule has 3 nitrogen and oxygen atoms in total. The maximum atomic E-state index is 13.3. The van der Waals surface area contributed by atoms with Crippen LogP contribution < -0.4 is 5.32 Å². The highest BCUT2D eigenvalue weighted by molar-refractivity contribution is 5.59. The zero-order chi connectivity index (χ0) is 13.8. The van der Waals surface area contributed by atoms with E-state index in [1.807, 2.05) is 6.92 Å². The first-order chi connectivity index (χ1) is 9.06. The molecular weight excluding hydrogens is 241 g/mol. The molecule has 19 heavy (non-hydrogen) atoms. The molecule has 1 aromatic carbocycles. The SMILES string of the molecule is Cc1ccc(F)cc1-c1ncc(CNC(C)C)cn1. The van der Waals surface area contributed by atoms with E-state index in [2.05, 4.69) is 29.1 Å². The Balaban J connectivity index is 2.20. The molecule has 0 atom stereocenters. The van der Waals surface area contributed by atoms with Crippen molar-refractivity contribution in [3.8, 4) is 11.4 Å². The molecule has 4 heteroatoms. The minimum Gasteiger partial charge on any atom is -0.310 e. The maximum absolute atomic E-state index is 13.3. The Kier molecular flexibility index (Phi) is 4.22. The van der Waals surface area contributed by atoms with Crippen molar-refractivity contribution in [3.05, 3.63) is 47.5 Å². The summed E-state index contributed by atoms with van der Waals surface area (Å²) in [5, 5.41) is 3.30. The first kappa shape index (κ1) is 13.6. The van der Waals surface area contributed by atoms with E-state index < -0.39 is 0 Å². The molecule has 0 radical (unpaired) electrons. The highest BCUT2D eigenvalue weighted by atomic mass is 19.1. The normalized spacial score (nSPS) is 11.0. The molecule has 0 aliphatic rings. The number of nitrogens with one attached hydrogen (secondary N) is 1. The number of benzene rings is 1. The van der Waals surface area contributed by atoms with Gasteiger partial charge in [0.2, 0.25) is 0 Å². The van der Waals surface area contributed by atoms with Gasteiger partial charge < -0.3 is 5.32 Å². The third kappa shape index (κ3) is 3.58. The molecule has 0 fully saturated rings. The summed E-state index contributed by atoms with van der Waals surface area (Å²) in [5.74, 6) is 0.292. The van der Waals surface area contributed by atoms with Gasteiger partial charge in [0.05, 0.1) is 0 Å². The summed E-state index contributed by atoms with van der Waals surface area (Å²) in [5.41, 5.74) is 2.73. The van der Waals surface area contributed by atoms with Crippen LogP contribution >= 0.6 is 0 Å². The van der Waals surface area contributed by atoms with Gasteiger partial charge in [-0.05, 0) is 24.6 Å². The summed E-state index contributed by atoms with van der Waals surface area (Å²) in [4.78, 5) is 8.62. The second-order valence-electron chi connectivity index (χ2n) is 4.91. The summed E-state index contributed by atoms with van der Waals surface area (Å²) in [6.45, 7) is 6.84. The van der Waals surface area contributed by atoms with E-state index in [0.717, 1.165) is 23.2 Å². The number of aromatic nitrogens is 2. The number of hydrogen-bond acceptors (Lipinski definition) is 3. The summed E-state index contributed by atoms with van der Waals surface area (Å²) in [6, 6.07) is 5.07. The predicted molar refractivity (Wildman–Crippen MR) is 74.1 cm³/mol. The van der Waals surface area contributed by atoms with Gasteiger partial charge in [-0.15, -0.1) is 0 Å². The van der Waals surface area contributed by atoms with Crippen molar-refractivity contribution in [2.75, 3.05) is 0 Å². The highest BCUT2D eigenvalue weighted by Crippen LogP contribution is 2.20. The lowest BCUT2D eigenvalue weighted by atomic mass is 10.1. The second kappa shape index (κ2) is 5.89. The van der Waals surface area contributed by atoms with Gasteiger partial charge in [-0.1, -0.05) is 19.9 Å². The molecule has 0 unspecified atom stereocenters.